The Hall–Kier alpha value is -2.40. The molecule has 0 spiro atoms. The first-order valence-electron chi connectivity index (χ1n) is 7.86. The Bertz CT molecular complexity index is 933. The van der Waals surface area contributed by atoms with Gasteiger partial charge in [0.25, 0.3) is 0 Å². The van der Waals surface area contributed by atoms with E-state index in [0.717, 1.165) is 24.8 Å². The van der Waals surface area contributed by atoms with Crippen LogP contribution >= 0.6 is 11.6 Å². The number of carbonyl (C=O) groups excluding carboxylic acids is 1. The number of fused-ring (bicyclic) bond motifs is 1. The van der Waals surface area contributed by atoms with Crippen LogP contribution in [0.4, 0.5) is 10.2 Å². The van der Waals surface area contributed by atoms with Gasteiger partial charge in [0.15, 0.2) is 5.82 Å². The number of amides is 1. The van der Waals surface area contributed by atoms with Gasteiger partial charge in [-0.3, -0.25) is 9.20 Å². The number of rotatable bonds is 3. The van der Waals surface area contributed by atoms with E-state index < -0.39 is 0 Å². The van der Waals surface area contributed by atoms with Gasteiger partial charge >= 0.3 is 0 Å². The third-order valence-corrected chi connectivity index (χ3v) is 4.63. The largest absolute Gasteiger partial charge is 0.309 e. The first kappa shape index (κ1) is 15.1. The minimum Gasteiger partial charge on any atom is -0.309 e. The third kappa shape index (κ3) is 2.65. The van der Waals surface area contributed by atoms with Crippen LogP contribution in [0.25, 0.3) is 16.9 Å². The van der Waals surface area contributed by atoms with E-state index in [9.17, 15) is 9.18 Å². The van der Waals surface area contributed by atoms with Crippen molar-refractivity contribution in [1.29, 1.82) is 0 Å². The van der Waals surface area contributed by atoms with Gasteiger partial charge in [0.2, 0.25) is 5.91 Å². The molecule has 1 aliphatic rings. The van der Waals surface area contributed by atoms with Crippen LogP contribution in [-0.4, -0.2) is 15.3 Å². The molecular weight excluding hydrogens is 329 g/mol. The molecule has 0 atom stereocenters. The number of hydrogen-bond donors (Lipinski definition) is 1. The van der Waals surface area contributed by atoms with E-state index in [1.54, 1.807) is 22.6 Å². The van der Waals surface area contributed by atoms with Crippen molar-refractivity contribution in [2.45, 2.75) is 19.3 Å². The van der Waals surface area contributed by atoms with Crippen molar-refractivity contribution < 1.29 is 9.18 Å². The second-order valence-electron chi connectivity index (χ2n) is 6.01. The molecule has 1 saturated carbocycles. The Morgan fingerprint density at radius 3 is 2.83 bits per heavy atom. The van der Waals surface area contributed by atoms with Crippen LogP contribution in [0.3, 0.4) is 0 Å². The molecule has 1 N–H and O–H groups in total. The van der Waals surface area contributed by atoms with Gasteiger partial charge in [0.05, 0.1) is 5.69 Å². The topological polar surface area (TPSA) is 46.4 Å². The predicted octanol–water partition coefficient (Wildman–Crippen LogP) is 4.53. The van der Waals surface area contributed by atoms with Crippen LogP contribution in [0.1, 0.15) is 19.3 Å². The summed E-state index contributed by atoms with van der Waals surface area (Å²) in [4.78, 5) is 16.8. The summed E-state index contributed by atoms with van der Waals surface area (Å²) in [6.07, 6.45) is 4.24. The van der Waals surface area contributed by atoms with Crippen LogP contribution in [0.15, 0.2) is 42.6 Å². The first-order chi connectivity index (χ1) is 11.6. The zero-order valence-electron chi connectivity index (χ0n) is 12.8. The average Bonchev–Trinajstić information content (AvgIpc) is 2.82. The molecule has 122 valence electrons. The van der Waals surface area contributed by atoms with Crippen LogP contribution in [0, 0.1) is 11.7 Å². The summed E-state index contributed by atoms with van der Waals surface area (Å²) < 4.78 is 15.3. The molecule has 0 aliphatic heterocycles. The zero-order valence-corrected chi connectivity index (χ0v) is 13.6. The molecule has 0 unspecified atom stereocenters. The molecule has 3 aromatic rings. The third-order valence-electron chi connectivity index (χ3n) is 4.40. The number of benzene rings is 1. The maximum Gasteiger partial charge on any atom is 0.228 e. The molecule has 0 saturated heterocycles. The molecule has 2 heterocycles. The molecule has 2 aromatic heterocycles. The Labute approximate surface area is 143 Å². The number of imidazole rings is 1. The molecule has 4 nitrogen and oxygen atoms in total. The van der Waals surface area contributed by atoms with Crippen molar-refractivity contribution in [2.24, 2.45) is 5.92 Å². The van der Waals surface area contributed by atoms with Crippen LogP contribution in [-0.2, 0) is 4.79 Å². The molecule has 1 amide bonds. The number of halogens is 2. The van der Waals surface area contributed by atoms with Gasteiger partial charge in [-0.05, 0) is 37.1 Å². The highest BCUT2D eigenvalue weighted by atomic mass is 35.5. The smallest absolute Gasteiger partial charge is 0.228 e. The number of carbonyl (C=O) groups is 1. The number of hydrogen-bond acceptors (Lipinski definition) is 2. The van der Waals surface area contributed by atoms with Crippen LogP contribution < -0.4 is 5.32 Å². The lowest BCUT2D eigenvalue weighted by atomic mass is 9.85. The quantitative estimate of drug-likeness (QED) is 0.759. The Kier molecular flexibility index (Phi) is 3.73. The van der Waals surface area contributed by atoms with E-state index in [4.69, 9.17) is 11.6 Å². The van der Waals surface area contributed by atoms with E-state index in [1.807, 2.05) is 12.1 Å². The maximum atomic E-state index is 13.7. The molecule has 1 aromatic carbocycles. The average molecular weight is 344 g/mol. The lowest BCUT2D eigenvalue weighted by molar-refractivity contribution is -0.122. The summed E-state index contributed by atoms with van der Waals surface area (Å²) in [6.45, 7) is 0. The molecule has 6 heteroatoms. The molecule has 0 radical (unpaired) electrons. The minimum atomic E-state index is -0.375. The van der Waals surface area contributed by atoms with Gasteiger partial charge < -0.3 is 5.32 Å². The summed E-state index contributed by atoms with van der Waals surface area (Å²) in [5, 5.41) is 3.47. The summed E-state index contributed by atoms with van der Waals surface area (Å²) in [5.74, 6) is 0.0620. The van der Waals surface area contributed by atoms with Crippen LogP contribution in [0.5, 0.6) is 0 Å². The number of nitrogens with one attached hydrogen (secondary N) is 1. The SMILES string of the molecule is O=C(Nc1nc2ccc(F)cn2c1-c1cccc(Cl)c1)C1CCC1. The fourth-order valence-corrected chi connectivity index (χ4v) is 3.10. The Balaban J connectivity index is 1.85. The van der Waals surface area contributed by atoms with E-state index in [0.29, 0.717) is 22.2 Å². The van der Waals surface area contributed by atoms with Gasteiger partial charge in [-0.1, -0.05) is 30.2 Å². The minimum absolute atomic E-state index is 0.0339. The highest BCUT2D eigenvalue weighted by Gasteiger charge is 2.27. The molecule has 1 fully saturated rings. The highest BCUT2D eigenvalue weighted by Crippen LogP contribution is 2.33. The molecule has 4 rings (SSSR count). The van der Waals surface area contributed by atoms with Gasteiger partial charge in [0.1, 0.15) is 11.5 Å². The molecular formula is C18H15ClFN3O. The lowest BCUT2D eigenvalue weighted by Crippen LogP contribution is -2.28. The van der Waals surface area contributed by atoms with Gasteiger partial charge in [-0.2, -0.15) is 0 Å². The first-order valence-corrected chi connectivity index (χ1v) is 8.24. The standard InChI is InChI=1S/C18H15ClFN3O/c19-13-6-2-5-12(9-13)16-17(22-18(24)11-3-1-4-11)21-15-8-7-14(20)10-23(15)16/h2,5-11H,1,3-4H2,(H,22,24). The number of anilines is 1. The molecule has 0 bridgehead atoms. The van der Waals surface area contributed by atoms with E-state index >= 15 is 0 Å². The predicted molar refractivity (Wildman–Crippen MR) is 91.6 cm³/mol. The van der Waals surface area contributed by atoms with E-state index in [1.165, 1.54) is 12.3 Å². The second kappa shape index (κ2) is 5.91. The van der Waals surface area contributed by atoms with Gasteiger partial charge in [-0.25, -0.2) is 9.37 Å². The van der Waals surface area contributed by atoms with Crippen molar-refractivity contribution in [1.82, 2.24) is 9.38 Å². The monoisotopic (exact) mass is 343 g/mol. The Morgan fingerprint density at radius 2 is 2.12 bits per heavy atom. The van der Waals surface area contributed by atoms with Crippen molar-refractivity contribution in [3.05, 3.63) is 53.4 Å². The maximum absolute atomic E-state index is 13.7. The fraction of sp³-hybridized carbons (Fsp3) is 0.222. The number of aromatic nitrogens is 2. The zero-order chi connectivity index (χ0) is 16.7. The molecule has 24 heavy (non-hydrogen) atoms. The van der Waals surface area contributed by atoms with Crippen molar-refractivity contribution >= 4 is 29.0 Å². The van der Waals surface area contributed by atoms with E-state index in [2.05, 4.69) is 10.3 Å². The van der Waals surface area contributed by atoms with Crippen molar-refractivity contribution in [3.8, 4) is 11.3 Å². The normalized spacial score (nSPS) is 14.6. The number of pyridine rings is 1. The number of nitrogens with zero attached hydrogens (tertiary/aromatic N) is 2. The van der Waals surface area contributed by atoms with Crippen molar-refractivity contribution in [2.75, 3.05) is 5.32 Å². The van der Waals surface area contributed by atoms with Gasteiger partial charge in [-0.15, -0.1) is 0 Å². The summed E-state index contributed by atoms with van der Waals surface area (Å²) in [7, 11) is 0. The molecule has 1 aliphatic carbocycles. The summed E-state index contributed by atoms with van der Waals surface area (Å²) in [5.41, 5.74) is 1.96. The highest BCUT2D eigenvalue weighted by molar-refractivity contribution is 6.30. The Morgan fingerprint density at radius 1 is 1.29 bits per heavy atom. The van der Waals surface area contributed by atoms with E-state index in [-0.39, 0.29) is 17.6 Å². The van der Waals surface area contributed by atoms with Gasteiger partial charge in [0, 0.05) is 22.7 Å². The van der Waals surface area contributed by atoms with Crippen LogP contribution in [0.2, 0.25) is 5.02 Å². The van der Waals surface area contributed by atoms with Crippen molar-refractivity contribution in [3.63, 3.8) is 0 Å². The lowest BCUT2D eigenvalue weighted by Gasteiger charge is -2.23. The summed E-state index contributed by atoms with van der Waals surface area (Å²) >= 11 is 6.09. The summed E-state index contributed by atoms with van der Waals surface area (Å²) in [6, 6.07) is 10.1. The second-order valence-corrected chi connectivity index (χ2v) is 6.45. The fourth-order valence-electron chi connectivity index (χ4n) is 2.91.